The normalized spacial score (nSPS) is 36.9. The zero-order valence-electron chi connectivity index (χ0n) is 18.8. The van der Waals surface area contributed by atoms with E-state index in [0.717, 1.165) is 38.8 Å². The molecule has 2 atom stereocenters. The summed E-state index contributed by atoms with van der Waals surface area (Å²) in [4.78, 5) is 47.2. The maximum atomic E-state index is 12.8. The molecule has 4 heterocycles. The van der Waals surface area contributed by atoms with Gasteiger partial charge in [0, 0.05) is 38.0 Å². The largest absolute Gasteiger partial charge is 0.461 e. The van der Waals surface area contributed by atoms with Gasteiger partial charge in [-0.05, 0) is 49.1 Å². The topological polar surface area (TPSA) is 138 Å². The molecule has 2 unspecified atom stereocenters. The first-order valence-electron chi connectivity index (χ1n) is 12.0. The molecule has 186 valence electrons. The van der Waals surface area contributed by atoms with Crippen molar-refractivity contribution < 1.29 is 37.7 Å². The molecule has 11 nitrogen and oxygen atoms in total. The molecule has 2 saturated heterocycles. The second-order valence-corrected chi connectivity index (χ2v) is 12.0. The molecule has 4 fully saturated rings. The number of aliphatic hydroxyl groups excluding tert-OH is 2. The number of carbonyl (C=O) groups is 3. The van der Waals surface area contributed by atoms with Crippen molar-refractivity contribution in [1.29, 1.82) is 0 Å². The van der Waals surface area contributed by atoms with Crippen molar-refractivity contribution in [1.82, 2.24) is 9.80 Å². The Hall–Kier alpha value is -2.15. The van der Waals surface area contributed by atoms with Gasteiger partial charge in [-0.3, -0.25) is 4.79 Å². The second-order valence-electron chi connectivity index (χ2n) is 9.81. The van der Waals surface area contributed by atoms with Gasteiger partial charge in [-0.2, -0.15) is 4.99 Å². The SMILES string of the molecule is O=C1OS2(OC(=O)C(O)C1O)C(OC1CCN(C3CC3)CC1)=NC1=C2CN(C(=O)C2CC2)CC1. The van der Waals surface area contributed by atoms with Gasteiger partial charge in [0.2, 0.25) is 5.91 Å². The highest BCUT2D eigenvalue weighted by molar-refractivity contribution is 8.41. The molecule has 6 rings (SSSR count). The highest BCUT2D eigenvalue weighted by atomic mass is 32.3. The molecule has 1 amide bonds. The molecule has 1 spiro atoms. The molecular weight excluding hydrogens is 466 g/mol. The number of nitrogens with zero attached hydrogens (tertiary/aromatic N) is 3. The number of rotatable bonds is 3. The molecule has 6 aliphatic rings. The van der Waals surface area contributed by atoms with Crippen LogP contribution in [0.25, 0.3) is 0 Å². The van der Waals surface area contributed by atoms with Gasteiger partial charge in [-0.1, -0.05) is 0 Å². The van der Waals surface area contributed by atoms with Crippen LogP contribution in [0, 0.1) is 5.92 Å². The summed E-state index contributed by atoms with van der Waals surface area (Å²) in [5, 5.41) is 20.2. The fourth-order valence-corrected chi connectivity index (χ4v) is 7.47. The first kappa shape index (κ1) is 22.3. The Kier molecular flexibility index (Phi) is 5.39. The summed E-state index contributed by atoms with van der Waals surface area (Å²) in [6, 6.07) is 0.664. The van der Waals surface area contributed by atoms with Crippen molar-refractivity contribution in [2.75, 3.05) is 26.2 Å². The fraction of sp³-hybridized carbons (Fsp3) is 0.727. The third kappa shape index (κ3) is 3.80. The number of ether oxygens (including phenoxy) is 1. The third-order valence-electron chi connectivity index (χ3n) is 7.28. The second kappa shape index (κ2) is 8.21. The summed E-state index contributed by atoms with van der Waals surface area (Å²) >= 11 is 0. The van der Waals surface area contributed by atoms with Crippen LogP contribution in [0.4, 0.5) is 0 Å². The zero-order chi connectivity index (χ0) is 23.6. The quantitative estimate of drug-likeness (QED) is 0.566. The van der Waals surface area contributed by atoms with Crippen LogP contribution in [-0.4, -0.2) is 93.6 Å². The number of carbonyl (C=O) groups excluding carboxylic acids is 3. The van der Waals surface area contributed by atoms with Crippen LogP contribution in [0.15, 0.2) is 15.6 Å². The van der Waals surface area contributed by atoms with Crippen molar-refractivity contribution in [2.24, 2.45) is 10.9 Å². The van der Waals surface area contributed by atoms with E-state index in [4.69, 9.17) is 13.1 Å². The van der Waals surface area contributed by atoms with Crippen LogP contribution in [0.2, 0.25) is 0 Å². The van der Waals surface area contributed by atoms with Gasteiger partial charge < -0.3 is 33.1 Å². The predicted molar refractivity (Wildman–Crippen MR) is 119 cm³/mol. The summed E-state index contributed by atoms with van der Waals surface area (Å²) in [5.41, 5.74) is 0.576. The van der Waals surface area contributed by atoms with E-state index in [1.165, 1.54) is 12.8 Å². The van der Waals surface area contributed by atoms with Crippen molar-refractivity contribution >= 4 is 33.7 Å². The standard InChI is InChI=1S/C22H29N3O8S/c26-17-18(27)21(30)33-34(32-20(17)29)16-11-25(19(28)12-1-2-12)10-7-15(16)23-22(34)31-14-5-8-24(9-6-14)13-3-4-13/h12-14,17-18,26-27H,1-11H2. The number of amides is 1. The monoisotopic (exact) mass is 495 g/mol. The summed E-state index contributed by atoms with van der Waals surface area (Å²) in [6.45, 7) is 2.34. The van der Waals surface area contributed by atoms with Crippen LogP contribution in [0.3, 0.4) is 0 Å². The van der Waals surface area contributed by atoms with E-state index in [0.29, 0.717) is 29.6 Å². The Morgan fingerprint density at radius 1 is 0.971 bits per heavy atom. The molecule has 12 heteroatoms. The lowest BCUT2D eigenvalue weighted by Crippen LogP contribution is -2.41. The summed E-state index contributed by atoms with van der Waals surface area (Å²) in [7, 11) is -3.31. The average molecular weight is 496 g/mol. The molecular formula is C22H29N3O8S. The van der Waals surface area contributed by atoms with Crippen molar-refractivity contribution in [3.05, 3.63) is 10.6 Å². The van der Waals surface area contributed by atoms with Crippen molar-refractivity contribution in [2.45, 2.75) is 69.3 Å². The summed E-state index contributed by atoms with van der Waals surface area (Å²) in [5.74, 6) is -2.32. The lowest BCUT2D eigenvalue weighted by atomic mass is 10.1. The maximum Gasteiger partial charge on any atom is 0.361 e. The Bertz CT molecular complexity index is 961. The molecule has 2 aliphatic carbocycles. The van der Waals surface area contributed by atoms with Crippen LogP contribution in [0.5, 0.6) is 0 Å². The molecule has 4 aliphatic heterocycles. The Morgan fingerprint density at radius 3 is 2.21 bits per heavy atom. The number of hydrogen-bond acceptors (Lipinski definition) is 10. The van der Waals surface area contributed by atoms with Crippen LogP contribution < -0.4 is 0 Å². The average Bonchev–Trinajstić information content (AvgIpc) is 3.75. The Morgan fingerprint density at radius 2 is 1.62 bits per heavy atom. The van der Waals surface area contributed by atoms with Crippen LogP contribution >= 0.6 is 10.6 Å². The van der Waals surface area contributed by atoms with Gasteiger partial charge in [0.15, 0.2) is 12.2 Å². The third-order valence-corrected chi connectivity index (χ3v) is 9.74. The van der Waals surface area contributed by atoms with Gasteiger partial charge >= 0.3 is 17.2 Å². The molecule has 0 bridgehead atoms. The minimum absolute atomic E-state index is 0.00525. The smallest absolute Gasteiger partial charge is 0.361 e. The minimum Gasteiger partial charge on any atom is -0.461 e. The summed E-state index contributed by atoms with van der Waals surface area (Å²) in [6.07, 6.45) is 1.76. The molecule has 0 aromatic carbocycles. The van der Waals surface area contributed by atoms with Gasteiger partial charge in [-0.25, -0.2) is 9.59 Å². The van der Waals surface area contributed by atoms with E-state index in [1.807, 2.05) is 0 Å². The number of hydrogen-bond donors (Lipinski definition) is 2. The Labute approximate surface area is 198 Å². The molecule has 2 N–H and O–H groups in total. The number of likely N-dealkylation sites (tertiary alicyclic amines) is 1. The van der Waals surface area contributed by atoms with Crippen LogP contribution in [0.1, 0.15) is 44.9 Å². The molecule has 0 radical (unpaired) electrons. The lowest BCUT2D eigenvalue weighted by molar-refractivity contribution is -0.156. The van der Waals surface area contributed by atoms with Gasteiger partial charge in [0.25, 0.3) is 0 Å². The summed E-state index contributed by atoms with van der Waals surface area (Å²) < 4.78 is 17.5. The van der Waals surface area contributed by atoms with E-state index in [9.17, 15) is 24.6 Å². The van der Waals surface area contributed by atoms with Crippen molar-refractivity contribution in [3.8, 4) is 0 Å². The maximum absolute atomic E-state index is 12.8. The van der Waals surface area contributed by atoms with E-state index in [1.54, 1.807) is 4.90 Å². The minimum atomic E-state index is -3.31. The lowest BCUT2D eigenvalue weighted by Gasteiger charge is -2.42. The van der Waals surface area contributed by atoms with E-state index in [-0.39, 0.29) is 29.7 Å². The van der Waals surface area contributed by atoms with E-state index < -0.39 is 34.7 Å². The number of piperidine rings is 1. The molecule has 0 aromatic rings. The van der Waals surface area contributed by atoms with Gasteiger partial charge in [-0.15, -0.1) is 0 Å². The number of aliphatic hydroxyl groups is 2. The Balaban J connectivity index is 1.28. The van der Waals surface area contributed by atoms with E-state index in [2.05, 4.69) is 9.89 Å². The van der Waals surface area contributed by atoms with Crippen LogP contribution in [-0.2, 0) is 27.5 Å². The predicted octanol–water partition coefficient (Wildman–Crippen LogP) is 0.310. The molecule has 34 heavy (non-hydrogen) atoms. The van der Waals surface area contributed by atoms with E-state index >= 15 is 0 Å². The first-order valence-corrected chi connectivity index (χ1v) is 13.5. The van der Waals surface area contributed by atoms with Gasteiger partial charge in [0.05, 0.1) is 12.2 Å². The number of aliphatic imine (C=N–C) groups is 1. The molecule has 2 saturated carbocycles. The highest BCUT2D eigenvalue weighted by Crippen LogP contribution is 2.66. The highest BCUT2D eigenvalue weighted by Gasteiger charge is 2.55. The fourth-order valence-electron chi connectivity index (χ4n) is 4.94. The van der Waals surface area contributed by atoms with Gasteiger partial charge in [0.1, 0.15) is 11.0 Å². The number of fused-ring (bicyclic) bond motifs is 1. The first-order chi connectivity index (χ1) is 16.4. The van der Waals surface area contributed by atoms with Crippen molar-refractivity contribution in [3.63, 3.8) is 0 Å². The molecule has 0 aromatic heterocycles. The zero-order valence-corrected chi connectivity index (χ0v) is 19.6.